The van der Waals surface area contributed by atoms with E-state index in [0.717, 1.165) is 12.8 Å². The van der Waals surface area contributed by atoms with Gasteiger partial charge in [0.1, 0.15) is 0 Å². The maximum atomic E-state index is 9.51. The molecule has 2 bridgehead atoms. The number of hydrogen-bond donors (Lipinski definition) is 2. The third-order valence-electron chi connectivity index (χ3n) is 2.69. The van der Waals surface area contributed by atoms with Gasteiger partial charge in [0, 0.05) is 0 Å². The van der Waals surface area contributed by atoms with Crippen molar-refractivity contribution in [1.82, 2.24) is 10.4 Å². The van der Waals surface area contributed by atoms with Crippen LogP contribution in [0.2, 0.25) is 0 Å². The summed E-state index contributed by atoms with van der Waals surface area (Å²) in [5.74, 6) is 0. The Morgan fingerprint density at radius 2 is 2.36 bits per heavy atom. The molecule has 2 aliphatic rings. The molecule has 69 valence electrons. The van der Waals surface area contributed by atoms with E-state index in [9.17, 15) is 5.11 Å². The SMILES string of the molecule is OC1CC2CCC1N2N[CH]=[Tm]. The van der Waals surface area contributed by atoms with Gasteiger partial charge in [-0.3, -0.25) is 0 Å². The topological polar surface area (TPSA) is 35.5 Å². The van der Waals surface area contributed by atoms with E-state index in [-0.39, 0.29) is 6.10 Å². The summed E-state index contributed by atoms with van der Waals surface area (Å²) in [6, 6.07) is 0.911. The Morgan fingerprint density at radius 3 is 2.82 bits per heavy atom. The van der Waals surface area contributed by atoms with Gasteiger partial charge in [-0.05, 0) is 0 Å². The monoisotopic (exact) mass is 309 g/mol. The molecule has 2 N–H and O–H groups in total. The van der Waals surface area contributed by atoms with Crippen LogP contribution in [0.4, 0.5) is 0 Å². The summed E-state index contributed by atoms with van der Waals surface area (Å²) < 4.78 is 1.82. The van der Waals surface area contributed by atoms with Gasteiger partial charge in [-0.25, -0.2) is 0 Å². The summed E-state index contributed by atoms with van der Waals surface area (Å²) in [5, 5.41) is 11.7. The summed E-state index contributed by atoms with van der Waals surface area (Å²) in [4.78, 5) is 0. The van der Waals surface area contributed by atoms with Crippen LogP contribution in [0.15, 0.2) is 0 Å². The molecular formula is C7H12N2OTm. The first-order chi connectivity index (χ1) is 5.33. The van der Waals surface area contributed by atoms with Crippen LogP contribution in [0, 0.1) is 34.4 Å². The molecule has 0 aliphatic carbocycles. The number of aliphatic hydroxyl groups is 1. The van der Waals surface area contributed by atoms with Gasteiger partial charge in [0.2, 0.25) is 0 Å². The Bertz CT molecular complexity index is 176. The van der Waals surface area contributed by atoms with E-state index < -0.39 is 0 Å². The Morgan fingerprint density at radius 1 is 1.55 bits per heavy atom. The Hall–Kier alpha value is 0.984. The van der Waals surface area contributed by atoms with Crippen LogP contribution in [0.5, 0.6) is 0 Å². The van der Waals surface area contributed by atoms with Crippen molar-refractivity contribution in [2.45, 2.75) is 37.5 Å². The van der Waals surface area contributed by atoms with Gasteiger partial charge in [0.05, 0.1) is 0 Å². The van der Waals surface area contributed by atoms with Crippen molar-refractivity contribution in [1.29, 1.82) is 0 Å². The van der Waals surface area contributed by atoms with Crippen molar-refractivity contribution < 1.29 is 39.5 Å². The summed E-state index contributed by atoms with van der Waals surface area (Å²) in [6.07, 6.45) is 3.19. The summed E-state index contributed by atoms with van der Waals surface area (Å²) in [6.45, 7) is 0. The van der Waals surface area contributed by atoms with E-state index in [0.29, 0.717) is 12.1 Å². The van der Waals surface area contributed by atoms with Gasteiger partial charge >= 0.3 is 89.8 Å². The van der Waals surface area contributed by atoms with E-state index in [1.165, 1.54) is 6.42 Å². The van der Waals surface area contributed by atoms with Crippen molar-refractivity contribution >= 4 is 2.33 Å². The molecule has 3 unspecified atom stereocenters. The van der Waals surface area contributed by atoms with Crippen molar-refractivity contribution in [2.24, 2.45) is 0 Å². The number of rotatable bonds is 2. The molecule has 2 saturated heterocycles. The number of hydrazine groups is 1. The number of hydrogen-bond acceptors (Lipinski definition) is 3. The quantitative estimate of drug-likeness (QED) is 0.715. The standard InChI is InChI=1S/C7H12N2O.Tm/c1-8-9-5-2-3-6(9)7(10)4-5;/h1,5-8,10H,2-4H2;. The van der Waals surface area contributed by atoms with E-state index in [4.69, 9.17) is 0 Å². The van der Waals surface area contributed by atoms with Crippen molar-refractivity contribution in [3.05, 3.63) is 0 Å². The zero-order valence-electron chi connectivity index (χ0n) is 6.10. The predicted molar refractivity (Wildman–Crippen MR) is 38.5 cm³/mol. The zero-order chi connectivity index (χ0) is 7.84. The molecule has 3 nitrogen and oxygen atoms in total. The molecule has 3 atom stereocenters. The molecule has 0 aromatic carbocycles. The fourth-order valence-electron chi connectivity index (χ4n) is 2.20. The maximum absolute atomic E-state index is 9.51. The number of aliphatic hydroxyl groups excluding tert-OH is 1. The van der Waals surface area contributed by atoms with Gasteiger partial charge in [0.25, 0.3) is 0 Å². The normalized spacial score (nSPS) is 43.4. The average molecular weight is 309 g/mol. The molecule has 0 spiro atoms. The first kappa shape index (κ1) is 8.58. The van der Waals surface area contributed by atoms with E-state index in [1.54, 1.807) is 0 Å². The third kappa shape index (κ3) is 1.42. The van der Waals surface area contributed by atoms with Gasteiger partial charge in [0.15, 0.2) is 0 Å². The number of fused-ring (bicyclic) bond motifs is 2. The Balaban J connectivity index is 2.06. The van der Waals surface area contributed by atoms with E-state index >= 15 is 0 Å². The van der Waals surface area contributed by atoms with Gasteiger partial charge < -0.3 is 0 Å². The zero-order valence-corrected chi connectivity index (χ0v) is 7.88. The average Bonchev–Trinajstić information content (AvgIpc) is 2.46. The second-order valence-corrected chi connectivity index (χ2v) is 3.73. The van der Waals surface area contributed by atoms with Crippen molar-refractivity contribution in [3.8, 4) is 0 Å². The van der Waals surface area contributed by atoms with Crippen molar-refractivity contribution in [3.63, 3.8) is 0 Å². The fraction of sp³-hybridized carbons (Fsp3) is 0.857. The fourth-order valence-corrected chi connectivity index (χ4v) is 2.46. The van der Waals surface area contributed by atoms with Crippen LogP contribution in [0.25, 0.3) is 0 Å². The van der Waals surface area contributed by atoms with Crippen LogP contribution in [0.1, 0.15) is 19.3 Å². The summed E-state index contributed by atoms with van der Waals surface area (Å²) in [7, 11) is 0. The molecule has 0 amide bonds. The number of nitrogens with zero attached hydrogens (tertiary/aromatic N) is 1. The first-order valence-corrected chi connectivity index (χ1v) is 4.94. The molecule has 0 saturated carbocycles. The summed E-state index contributed by atoms with van der Waals surface area (Å²) in [5.41, 5.74) is 3.14. The van der Waals surface area contributed by atoms with Gasteiger partial charge in [-0.15, -0.1) is 0 Å². The molecule has 2 fully saturated rings. The molecule has 0 aromatic rings. The summed E-state index contributed by atoms with van der Waals surface area (Å²) >= 11 is 2.70. The molecular weight excluding hydrogens is 297 g/mol. The predicted octanol–water partition coefficient (Wildman–Crippen LogP) is -0.602. The second kappa shape index (κ2) is 3.39. The Labute approximate surface area is 89.1 Å². The van der Waals surface area contributed by atoms with Gasteiger partial charge in [-0.1, -0.05) is 0 Å². The molecule has 0 aromatic heterocycles. The van der Waals surface area contributed by atoms with E-state index in [2.05, 4.69) is 44.9 Å². The van der Waals surface area contributed by atoms with Crippen LogP contribution in [0.3, 0.4) is 0 Å². The Kier molecular flexibility index (Phi) is 2.64. The number of nitrogens with one attached hydrogen (secondary N) is 1. The van der Waals surface area contributed by atoms with Crippen LogP contribution in [-0.2, 0) is 0 Å². The molecule has 2 rings (SSSR count). The molecule has 2 aliphatic heterocycles. The molecule has 11 heavy (non-hydrogen) atoms. The first-order valence-electron chi connectivity index (χ1n) is 3.91. The van der Waals surface area contributed by atoms with Crippen LogP contribution >= 0.6 is 0 Å². The minimum absolute atomic E-state index is 0.108. The minimum atomic E-state index is -0.108. The van der Waals surface area contributed by atoms with Crippen molar-refractivity contribution in [2.75, 3.05) is 0 Å². The third-order valence-corrected chi connectivity index (χ3v) is 2.92. The second-order valence-electron chi connectivity index (χ2n) is 3.22. The van der Waals surface area contributed by atoms with Crippen LogP contribution in [-0.4, -0.2) is 30.6 Å². The van der Waals surface area contributed by atoms with Crippen LogP contribution < -0.4 is 5.43 Å². The van der Waals surface area contributed by atoms with E-state index in [1.807, 2.05) is 2.33 Å². The molecule has 4 heteroatoms. The van der Waals surface area contributed by atoms with Gasteiger partial charge in [-0.2, -0.15) is 0 Å². The molecule has 2 heterocycles. The molecule has 0 radical (unpaired) electrons.